The minimum atomic E-state index is -3.60. The lowest BCUT2D eigenvalue weighted by molar-refractivity contribution is -0.0502. The maximum absolute atomic E-state index is 12.7. The van der Waals surface area contributed by atoms with Gasteiger partial charge in [0.2, 0.25) is 10.0 Å². The summed E-state index contributed by atoms with van der Waals surface area (Å²) in [6, 6.07) is 5.16. The third-order valence-corrected chi connectivity index (χ3v) is 5.74. The molecule has 1 aromatic carbocycles. The molecule has 6 heteroatoms. The molecule has 0 bridgehead atoms. The fraction of sp³-hybridized carbons (Fsp3) is 0.647. The van der Waals surface area contributed by atoms with E-state index in [1.165, 1.54) is 7.11 Å². The molecule has 1 heterocycles. The number of aryl methyl sites for hydroxylation is 1. The second-order valence-corrected chi connectivity index (χ2v) is 8.22. The van der Waals surface area contributed by atoms with Gasteiger partial charge in [-0.2, -0.15) is 0 Å². The van der Waals surface area contributed by atoms with E-state index in [1.807, 2.05) is 13.0 Å². The van der Waals surface area contributed by atoms with Gasteiger partial charge in [0.15, 0.2) is 0 Å². The van der Waals surface area contributed by atoms with E-state index in [1.54, 1.807) is 12.1 Å². The van der Waals surface area contributed by atoms with Crippen LogP contribution in [0.3, 0.4) is 0 Å². The Balaban J connectivity index is 2.14. The van der Waals surface area contributed by atoms with E-state index in [4.69, 9.17) is 9.47 Å². The lowest BCUT2D eigenvalue weighted by Crippen LogP contribution is -2.41. The highest BCUT2D eigenvalue weighted by Crippen LogP contribution is 2.28. The molecule has 1 saturated heterocycles. The largest absolute Gasteiger partial charge is 0.495 e. The molecule has 130 valence electrons. The molecule has 1 aliphatic rings. The van der Waals surface area contributed by atoms with Crippen molar-refractivity contribution in [1.29, 1.82) is 0 Å². The Bertz CT molecular complexity index is 627. The standard InChI is InChI=1S/C17H27NO4S/c1-12(2)17-14(6-5-9-22-17)11-18-23(19,20)16-10-13(3)7-8-15(16)21-4/h7-8,10,12,14,17-18H,5-6,9,11H2,1-4H3/t14-,17+/m0/s1. The van der Waals surface area contributed by atoms with Gasteiger partial charge in [-0.25, -0.2) is 13.1 Å². The van der Waals surface area contributed by atoms with Crippen LogP contribution in [0.2, 0.25) is 0 Å². The van der Waals surface area contributed by atoms with Crippen LogP contribution in [0.15, 0.2) is 23.1 Å². The van der Waals surface area contributed by atoms with E-state index in [-0.39, 0.29) is 16.9 Å². The summed E-state index contributed by atoms with van der Waals surface area (Å²) in [5.41, 5.74) is 0.882. The topological polar surface area (TPSA) is 64.6 Å². The van der Waals surface area contributed by atoms with Crippen molar-refractivity contribution in [2.75, 3.05) is 20.3 Å². The first-order valence-electron chi connectivity index (χ1n) is 8.11. The summed E-state index contributed by atoms with van der Waals surface area (Å²) in [5.74, 6) is 0.941. The fourth-order valence-corrected chi connectivity index (χ4v) is 4.45. The highest BCUT2D eigenvalue weighted by Gasteiger charge is 2.30. The molecule has 0 unspecified atom stereocenters. The van der Waals surface area contributed by atoms with Gasteiger partial charge in [-0.15, -0.1) is 0 Å². The van der Waals surface area contributed by atoms with E-state index < -0.39 is 10.0 Å². The Morgan fingerprint density at radius 1 is 1.39 bits per heavy atom. The van der Waals surface area contributed by atoms with E-state index in [0.29, 0.717) is 18.2 Å². The predicted molar refractivity (Wildman–Crippen MR) is 90.2 cm³/mol. The summed E-state index contributed by atoms with van der Waals surface area (Å²) in [6.45, 7) is 7.24. The van der Waals surface area contributed by atoms with Gasteiger partial charge < -0.3 is 9.47 Å². The maximum atomic E-state index is 12.7. The van der Waals surface area contributed by atoms with E-state index in [0.717, 1.165) is 25.0 Å². The lowest BCUT2D eigenvalue weighted by Gasteiger charge is -2.34. The molecular weight excluding hydrogens is 314 g/mol. The zero-order valence-electron chi connectivity index (χ0n) is 14.3. The summed E-state index contributed by atoms with van der Waals surface area (Å²) >= 11 is 0. The third-order valence-electron chi connectivity index (χ3n) is 4.30. The van der Waals surface area contributed by atoms with Crippen molar-refractivity contribution in [3.8, 4) is 5.75 Å². The van der Waals surface area contributed by atoms with Gasteiger partial charge in [-0.3, -0.25) is 0 Å². The molecule has 1 N–H and O–H groups in total. The molecule has 23 heavy (non-hydrogen) atoms. The minimum absolute atomic E-state index is 0.103. The number of rotatable bonds is 6. The van der Waals surface area contributed by atoms with Crippen molar-refractivity contribution in [3.05, 3.63) is 23.8 Å². The number of nitrogens with one attached hydrogen (secondary N) is 1. The Kier molecular flexibility index (Phi) is 6.06. The van der Waals surface area contributed by atoms with E-state index >= 15 is 0 Å². The van der Waals surface area contributed by atoms with Crippen LogP contribution < -0.4 is 9.46 Å². The summed E-state index contributed by atoms with van der Waals surface area (Å²) in [4.78, 5) is 0.192. The molecule has 0 spiro atoms. The Labute approximate surface area is 139 Å². The second-order valence-electron chi connectivity index (χ2n) is 6.49. The summed E-state index contributed by atoms with van der Waals surface area (Å²) in [6.07, 6.45) is 2.06. The molecule has 2 rings (SSSR count). The average molecular weight is 341 g/mol. The highest BCUT2D eigenvalue weighted by molar-refractivity contribution is 7.89. The number of sulfonamides is 1. The minimum Gasteiger partial charge on any atom is -0.495 e. The SMILES string of the molecule is COc1ccc(C)cc1S(=O)(=O)NC[C@@H]1CCCO[C@@H]1C(C)C. The number of hydrogen-bond acceptors (Lipinski definition) is 4. The van der Waals surface area contributed by atoms with Gasteiger partial charge in [0.05, 0.1) is 13.2 Å². The molecule has 0 saturated carbocycles. The number of benzene rings is 1. The van der Waals surface area contributed by atoms with Crippen LogP contribution in [0, 0.1) is 18.8 Å². The normalized spacial score (nSPS) is 22.3. The van der Waals surface area contributed by atoms with Crippen molar-refractivity contribution < 1.29 is 17.9 Å². The smallest absolute Gasteiger partial charge is 0.244 e. The van der Waals surface area contributed by atoms with Gasteiger partial charge in [0.1, 0.15) is 10.6 Å². The van der Waals surface area contributed by atoms with Crippen LogP contribution >= 0.6 is 0 Å². The first-order chi connectivity index (χ1) is 10.8. The molecule has 0 aromatic heterocycles. The van der Waals surface area contributed by atoms with Crippen molar-refractivity contribution in [1.82, 2.24) is 4.72 Å². The molecule has 1 aromatic rings. The van der Waals surface area contributed by atoms with Crippen LogP contribution in [0.4, 0.5) is 0 Å². The van der Waals surface area contributed by atoms with Crippen LogP contribution in [-0.2, 0) is 14.8 Å². The number of ether oxygens (including phenoxy) is 2. The van der Waals surface area contributed by atoms with Gasteiger partial charge >= 0.3 is 0 Å². The third kappa shape index (κ3) is 4.46. The maximum Gasteiger partial charge on any atom is 0.244 e. The quantitative estimate of drug-likeness (QED) is 0.864. The summed E-state index contributed by atoms with van der Waals surface area (Å²) < 4.78 is 39.1. The summed E-state index contributed by atoms with van der Waals surface area (Å²) in [7, 11) is -2.12. The predicted octanol–water partition coefficient (Wildman–Crippen LogP) is 2.73. The van der Waals surface area contributed by atoms with E-state index in [9.17, 15) is 8.42 Å². The highest BCUT2D eigenvalue weighted by atomic mass is 32.2. The van der Waals surface area contributed by atoms with Gasteiger partial charge in [-0.05, 0) is 49.3 Å². The second kappa shape index (κ2) is 7.64. The monoisotopic (exact) mass is 341 g/mol. The van der Waals surface area contributed by atoms with Gasteiger partial charge in [0.25, 0.3) is 0 Å². The molecule has 5 nitrogen and oxygen atoms in total. The number of hydrogen-bond donors (Lipinski definition) is 1. The first kappa shape index (κ1) is 18.2. The van der Waals surface area contributed by atoms with Crippen LogP contribution in [0.1, 0.15) is 32.3 Å². The fourth-order valence-electron chi connectivity index (χ4n) is 3.11. The van der Waals surface area contributed by atoms with E-state index in [2.05, 4.69) is 18.6 Å². The van der Waals surface area contributed by atoms with Gasteiger partial charge in [0, 0.05) is 13.2 Å². The summed E-state index contributed by atoms with van der Waals surface area (Å²) in [5, 5.41) is 0. The lowest BCUT2D eigenvalue weighted by atomic mass is 9.88. The average Bonchev–Trinajstić information content (AvgIpc) is 2.53. The van der Waals surface area contributed by atoms with Crippen molar-refractivity contribution in [2.24, 2.45) is 11.8 Å². The Morgan fingerprint density at radius 2 is 2.13 bits per heavy atom. The number of methoxy groups -OCH3 is 1. The first-order valence-corrected chi connectivity index (χ1v) is 9.59. The molecule has 0 amide bonds. The van der Waals surface area contributed by atoms with Crippen LogP contribution in [0.25, 0.3) is 0 Å². The molecule has 2 atom stereocenters. The molecule has 0 aliphatic carbocycles. The molecular formula is C17H27NO4S. The van der Waals surface area contributed by atoms with Crippen LogP contribution in [0.5, 0.6) is 5.75 Å². The zero-order chi connectivity index (χ0) is 17.0. The van der Waals surface area contributed by atoms with Crippen LogP contribution in [-0.4, -0.2) is 34.8 Å². The van der Waals surface area contributed by atoms with Gasteiger partial charge in [-0.1, -0.05) is 19.9 Å². The molecule has 1 fully saturated rings. The van der Waals surface area contributed by atoms with Crippen molar-refractivity contribution >= 4 is 10.0 Å². The molecule has 1 aliphatic heterocycles. The molecule has 0 radical (unpaired) electrons. The Morgan fingerprint density at radius 3 is 2.78 bits per heavy atom. The van der Waals surface area contributed by atoms with Crippen molar-refractivity contribution in [2.45, 2.75) is 44.6 Å². The Hall–Kier alpha value is -1.11. The van der Waals surface area contributed by atoms with Crippen molar-refractivity contribution in [3.63, 3.8) is 0 Å². The zero-order valence-corrected chi connectivity index (χ0v) is 15.2.